The Morgan fingerprint density at radius 2 is 1.95 bits per heavy atom. The standard InChI is InChI=1S/C15H19N3O3S/c1-5-18-13(11-6-8-12(20-3)9-7-11)16-17-15(18)22-10(2)14(19)21-4/h6-10H,5H2,1-4H3. The zero-order valence-electron chi connectivity index (χ0n) is 13.1. The third-order valence-electron chi connectivity index (χ3n) is 3.20. The van der Waals surface area contributed by atoms with E-state index in [1.165, 1.54) is 18.9 Å². The average molecular weight is 321 g/mol. The van der Waals surface area contributed by atoms with E-state index < -0.39 is 0 Å². The predicted molar refractivity (Wildman–Crippen MR) is 85.0 cm³/mol. The molecule has 1 atom stereocenters. The second kappa shape index (κ2) is 7.31. The van der Waals surface area contributed by atoms with Crippen molar-refractivity contribution >= 4 is 17.7 Å². The van der Waals surface area contributed by atoms with E-state index in [0.29, 0.717) is 11.7 Å². The lowest BCUT2D eigenvalue weighted by atomic mass is 10.2. The summed E-state index contributed by atoms with van der Waals surface area (Å²) in [5.74, 6) is 1.28. The Labute approximate surface area is 133 Å². The van der Waals surface area contributed by atoms with Crippen molar-refractivity contribution in [2.45, 2.75) is 30.8 Å². The molecule has 2 aromatic rings. The highest BCUT2D eigenvalue weighted by Crippen LogP contribution is 2.28. The van der Waals surface area contributed by atoms with E-state index in [9.17, 15) is 4.79 Å². The fourth-order valence-electron chi connectivity index (χ4n) is 1.99. The minimum Gasteiger partial charge on any atom is -0.497 e. The SMILES string of the molecule is CCn1c(SC(C)C(=O)OC)nnc1-c1ccc(OC)cc1. The average Bonchev–Trinajstić information content (AvgIpc) is 2.96. The van der Waals surface area contributed by atoms with Crippen molar-refractivity contribution in [3.63, 3.8) is 0 Å². The van der Waals surface area contributed by atoms with Gasteiger partial charge in [-0.15, -0.1) is 10.2 Å². The number of carbonyl (C=O) groups is 1. The third kappa shape index (κ3) is 3.41. The van der Waals surface area contributed by atoms with Crippen LogP contribution in [0.4, 0.5) is 0 Å². The normalized spacial score (nSPS) is 12.0. The van der Waals surface area contributed by atoms with Gasteiger partial charge < -0.3 is 14.0 Å². The van der Waals surface area contributed by atoms with Crippen molar-refractivity contribution in [1.29, 1.82) is 0 Å². The molecule has 1 aromatic carbocycles. The zero-order chi connectivity index (χ0) is 16.1. The monoisotopic (exact) mass is 321 g/mol. The van der Waals surface area contributed by atoms with Crippen LogP contribution in [0.3, 0.4) is 0 Å². The molecule has 0 aliphatic carbocycles. The van der Waals surface area contributed by atoms with Crippen molar-refractivity contribution in [3.05, 3.63) is 24.3 Å². The molecule has 1 heterocycles. The quantitative estimate of drug-likeness (QED) is 0.602. The van der Waals surface area contributed by atoms with Crippen LogP contribution in [0, 0.1) is 0 Å². The van der Waals surface area contributed by atoms with Crippen molar-refractivity contribution in [3.8, 4) is 17.1 Å². The highest BCUT2D eigenvalue weighted by Gasteiger charge is 2.20. The molecule has 1 aromatic heterocycles. The van der Waals surface area contributed by atoms with Gasteiger partial charge in [-0.3, -0.25) is 4.79 Å². The Morgan fingerprint density at radius 3 is 2.50 bits per heavy atom. The van der Waals surface area contributed by atoms with E-state index in [1.807, 2.05) is 35.8 Å². The second-order valence-electron chi connectivity index (χ2n) is 4.56. The van der Waals surface area contributed by atoms with Crippen LogP contribution in [0.1, 0.15) is 13.8 Å². The fourth-order valence-corrected chi connectivity index (χ4v) is 2.93. The van der Waals surface area contributed by atoms with E-state index >= 15 is 0 Å². The summed E-state index contributed by atoms with van der Waals surface area (Å²) >= 11 is 1.34. The molecule has 0 bridgehead atoms. The first-order valence-corrected chi connectivity index (χ1v) is 7.80. The summed E-state index contributed by atoms with van der Waals surface area (Å²) in [4.78, 5) is 11.5. The summed E-state index contributed by atoms with van der Waals surface area (Å²) in [7, 11) is 3.01. The van der Waals surface area contributed by atoms with E-state index in [0.717, 1.165) is 17.1 Å². The Hall–Kier alpha value is -2.02. The molecule has 0 aliphatic rings. The fraction of sp³-hybridized carbons (Fsp3) is 0.400. The number of hydrogen-bond donors (Lipinski definition) is 0. The Balaban J connectivity index is 2.28. The Bertz CT molecular complexity index is 640. The molecule has 0 amide bonds. The van der Waals surface area contributed by atoms with Crippen molar-refractivity contribution < 1.29 is 14.3 Å². The first kappa shape index (κ1) is 16.4. The Kier molecular flexibility index (Phi) is 5.43. The van der Waals surface area contributed by atoms with Gasteiger partial charge in [-0.25, -0.2) is 0 Å². The van der Waals surface area contributed by atoms with Gasteiger partial charge in [0.25, 0.3) is 0 Å². The number of thioether (sulfide) groups is 1. The van der Waals surface area contributed by atoms with Gasteiger partial charge >= 0.3 is 5.97 Å². The van der Waals surface area contributed by atoms with Gasteiger partial charge in [-0.1, -0.05) is 11.8 Å². The number of carbonyl (C=O) groups excluding carboxylic acids is 1. The molecular formula is C15H19N3O3S. The first-order chi connectivity index (χ1) is 10.6. The molecule has 0 radical (unpaired) electrons. The van der Waals surface area contributed by atoms with Crippen LogP contribution in [0.5, 0.6) is 5.75 Å². The summed E-state index contributed by atoms with van der Waals surface area (Å²) in [5.41, 5.74) is 0.952. The summed E-state index contributed by atoms with van der Waals surface area (Å²) in [6.45, 7) is 4.52. The van der Waals surface area contributed by atoms with Gasteiger partial charge in [-0.05, 0) is 38.1 Å². The van der Waals surface area contributed by atoms with Gasteiger partial charge in [0.05, 0.1) is 14.2 Å². The first-order valence-electron chi connectivity index (χ1n) is 6.92. The number of esters is 1. The lowest BCUT2D eigenvalue weighted by Crippen LogP contribution is -2.15. The van der Waals surface area contributed by atoms with Crippen LogP contribution in [0.25, 0.3) is 11.4 Å². The number of aromatic nitrogens is 3. The van der Waals surface area contributed by atoms with Crippen LogP contribution < -0.4 is 4.74 Å². The second-order valence-corrected chi connectivity index (χ2v) is 5.87. The number of benzene rings is 1. The maximum atomic E-state index is 11.5. The number of nitrogens with zero attached hydrogens (tertiary/aromatic N) is 3. The minimum absolute atomic E-state index is 0.276. The van der Waals surface area contributed by atoms with E-state index in [4.69, 9.17) is 9.47 Å². The number of hydrogen-bond acceptors (Lipinski definition) is 6. The number of rotatable bonds is 6. The van der Waals surface area contributed by atoms with Crippen LogP contribution in [-0.2, 0) is 16.1 Å². The molecule has 2 rings (SSSR count). The highest BCUT2D eigenvalue weighted by molar-refractivity contribution is 8.00. The van der Waals surface area contributed by atoms with Crippen LogP contribution >= 0.6 is 11.8 Å². The molecule has 1 unspecified atom stereocenters. The largest absolute Gasteiger partial charge is 0.497 e. The van der Waals surface area contributed by atoms with Crippen LogP contribution in [0.2, 0.25) is 0 Å². The summed E-state index contributed by atoms with van der Waals surface area (Å²) in [6, 6.07) is 7.64. The Morgan fingerprint density at radius 1 is 1.27 bits per heavy atom. The molecule has 7 heteroatoms. The maximum absolute atomic E-state index is 11.5. The highest BCUT2D eigenvalue weighted by atomic mass is 32.2. The molecule has 0 spiro atoms. The molecule has 0 N–H and O–H groups in total. The topological polar surface area (TPSA) is 66.2 Å². The van der Waals surface area contributed by atoms with Gasteiger partial charge in [0.2, 0.25) is 0 Å². The van der Waals surface area contributed by atoms with Crippen molar-refractivity contribution in [1.82, 2.24) is 14.8 Å². The third-order valence-corrected chi connectivity index (χ3v) is 4.26. The van der Waals surface area contributed by atoms with Crippen molar-refractivity contribution in [2.24, 2.45) is 0 Å². The molecule has 0 saturated heterocycles. The van der Waals surface area contributed by atoms with Gasteiger partial charge in [0, 0.05) is 12.1 Å². The number of ether oxygens (including phenoxy) is 2. The minimum atomic E-state index is -0.330. The predicted octanol–water partition coefficient (Wildman–Crippen LogP) is 2.63. The zero-order valence-corrected chi connectivity index (χ0v) is 13.9. The van der Waals surface area contributed by atoms with E-state index in [2.05, 4.69) is 10.2 Å². The molecule has 0 saturated carbocycles. The summed E-state index contributed by atoms with van der Waals surface area (Å²) in [6.07, 6.45) is 0. The lowest BCUT2D eigenvalue weighted by Gasteiger charge is -2.10. The smallest absolute Gasteiger partial charge is 0.318 e. The van der Waals surface area contributed by atoms with Crippen LogP contribution in [-0.4, -0.2) is 40.2 Å². The van der Waals surface area contributed by atoms with Gasteiger partial charge in [0.15, 0.2) is 11.0 Å². The van der Waals surface area contributed by atoms with Crippen molar-refractivity contribution in [2.75, 3.05) is 14.2 Å². The van der Waals surface area contributed by atoms with E-state index in [-0.39, 0.29) is 11.2 Å². The summed E-state index contributed by atoms with van der Waals surface area (Å²) in [5, 5.41) is 8.82. The molecule has 0 fully saturated rings. The molecule has 6 nitrogen and oxygen atoms in total. The van der Waals surface area contributed by atoms with Gasteiger partial charge in [-0.2, -0.15) is 0 Å². The molecule has 22 heavy (non-hydrogen) atoms. The molecule has 0 aliphatic heterocycles. The number of methoxy groups -OCH3 is 2. The van der Waals surface area contributed by atoms with Gasteiger partial charge in [0.1, 0.15) is 11.0 Å². The lowest BCUT2D eigenvalue weighted by molar-refractivity contribution is -0.139. The summed E-state index contributed by atoms with van der Waals surface area (Å²) < 4.78 is 11.9. The maximum Gasteiger partial charge on any atom is 0.318 e. The van der Waals surface area contributed by atoms with E-state index in [1.54, 1.807) is 14.0 Å². The molecular weight excluding hydrogens is 302 g/mol. The van der Waals surface area contributed by atoms with Crippen LogP contribution in [0.15, 0.2) is 29.4 Å². The molecule has 118 valence electrons.